The first-order valence-electron chi connectivity index (χ1n) is 4.73. The Balaban J connectivity index is 2.55. The van der Waals surface area contributed by atoms with Crippen molar-refractivity contribution in [1.82, 2.24) is 0 Å². The molecule has 0 heterocycles. The number of aryl methyl sites for hydroxylation is 1. The second kappa shape index (κ2) is 3.73. The van der Waals surface area contributed by atoms with Gasteiger partial charge in [0, 0.05) is 0 Å². The molecule has 1 N–H and O–H groups in total. The summed E-state index contributed by atoms with van der Waals surface area (Å²) in [7, 11) is 0. The first kappa shape index (κ1) is 9.71. The summed E-state index contributed by atoms with van der Waals surface area (Å²) in [5.74, 6) is -0.900. The number of hydrogen-bond acceptors (Lipinski definition) is 1. The van der Waals surface area contributed by atoms with Crippen LogP contribution in [0.3, 0.4) is 0 Å². The molecule has 2 heteroatoms. The molecule has 0 unspecified atom stereocenters. The molecule has 0 fully saturated rings. The Hall–Kier alpha value is -1.83. The van der Waals surface area contributed by atoms with Gasteiger partial charge in [0.05, 0.1) is 0 Å². The molecule has 0 bridgehead atoms. The van der Waals surface area contributed by atoms with Gasteiger partial charge in [-0.3, -0.25) is 0 Å². The van der Waals surface area contributed by atoms with Crippen molar-refractivity contribution in [3.63, 3.8) is 0 Å². The van der Waals surface area contributed by atoms with E-state index in [9.17, 15) is 9.50 Å². The second-order valence-corrected chi connectivity index (χ2v) is 3.48. The predicted molar refractivity (Wildman–Crippen MR) is 58.2 cm³/mol. The maximum atomic E-state index is 12.9. The van der Waals surface area contributed by atoms with E-state index in [0.29, 0.717) is 0 Å². The summed E-state index contributed by atoms with van der Waals surface area (Å²) in [6.07, 6.45) is 0. The Labute approximate surface area is 87.8 Å². The van der Waals surface area contributed by atoms with Crippen molar-refractivity contribution in [2.75, 3.05) is 0 Å². The van der Waals surface area contributed by atoms with Gasteiger partial charge < -0.3 is 5.11 Å². The van der Waals surface area contributed by atoms with Crippen LogP contribution >= 0.6 is 0 Å². The lowest BCUT2D eigenvalue weighted by molar-refractivity contribution is 0.433. The van der Waals surface area contributed by atoms with Gasteiger partial charge in [-0.15, -0.1) is 0 Å². The molecular formula is C13H11FO. The Bertz CT molecular complexity index is 492. The van der Waals surface area contributed by atoms with Crippen molar-refractivity contribution in [2.45, 2.75) is 6.92 Å². The fourth-order valence-electron chi connectivity index (χ4n) is 1.58. The number of rotatable bonds is 1. The average molecular weight is 202 g/mol. The number of halogens is 1. The van der Waals surface area contributed by atoms with Crippen LogP contribution < -0.4 is 0 Å². The summed E-state index contributed by atoms with van der Waals surface area (Å²) in [5, 5.41) is 9.28. The van der Waals surface area contributed by atoms with E-state index >= 15 is 0 Å². The number of phenolic OH excluding ortho intramolecular Hbond substituents is 1. The van der Waals surface area contributed by atoms with Crippen molar-refractivity contribution >= 4 is 0 Å². The first-order valence-corrected chi connectivity index (χ1v) is 4.73. The summed E-state index contributed by atoms with van der Waals surface area (Å²) >= 11 is 0. The van der Waals surface area contributed by atoms with Gasteiger partial charge in [-0.05, 0) is 35.7 Å². The number of aromatic hydroxyl groups is 1. The number of hydrogen-bond donors (Lipinski definition) is 1. The quantitative estimate of drug-likeness (QED) is 0.750. The van der Waals surface area contributed by atoms with Gasteiger partial charge in [-0.1, -0.05) is 30.3 Å². The van der Waals surface area contributed by atoms with Crippen molar-refractivity contribution in [2.24, 2.45) is 0 Å². The predicted octanol–water partition coefficient (Wildman–Crippen LogP) is 3.51. The molecule has 0 aromatic heterocycles. The van der Waals surface area contributed by atoms with Gasteiger partial charge in [0.1, 0.15) is 0 Å². The van der Waals surface area contributed by atoms with Crippen LogP contribution in [0.1, 0.15) is 5.56 Å². The van der Waals surface area contributed by atoms with E-state index in [2.05, 4.69) is 0 Å². The van der Waals surface area contributed by atoms with E-state index in [0.717, 1.165) is 16.7 Å². The maximum absolute atomic E-state index is 12.9. The van der Waals surface area contributed by atoms with Gasteiger partial charge in [0.15, 0.2) is 11.6 Å². The molecule has 2 rings (SSSR count). The Morgan fingerprint density at radius 3 is 2.47 bits per heavy atom. The van der Waals surface area contributed by atoms with Crippen molar-refractivity contribution < 1.29 is 9.50 Å². The molecule has 0 aliphatic rings. The van der Waals surface area contributed by atoms with E-state index in [1.165, 1.54) is 12.1 Å². The molecule has 15 heavy (non-hydrogen) atoms. The SMILES string of the molecule is Cc1ccccc1-c1ccc(F)c(O)c1. The first-order chi connectivity index (χ1) is 7.18. The molecular weight excluding hydrogens is 191 g/mol. The van der Waals surface area contributed by atoms with Crippen LogP contribution in [0, 0.1) is 12.7 Å². The summed E-state index contributed by atoms with van der Waals surface area (Å²) in [6.45, 7) is 1.98. The van der Waals surface area contributed by atoms with Crippen LogP contribution in [-0.4, -0.2) is 5.11 Å². The average Bonchev–Trinajstić information content (AvgIpc) is 2.23. The van der Waals surface area contributed by atoms with Gasteiger partial charge >= 0.3 is 0 Å². The molecule has 0 saturated carbocycles. The lowest BCUT2D eigenvalue weighted by Gasteiger charge is -2.06. The molecule has 0 atom stereocenters. The largest absolute Gasteiger partial charge is 0.505 e. The normalized spacial score (nSPS) is 10.3. The van der Waals surface area contributed by atoms with E-state index in [1.807, 2.05) is 31.2 Å². The van der Waals surface area contributed by atoms with Crippen LogP contribution in [0.25, 0.3) is 11.1 Å². The summed E-state index contributed by atoms with van der Waals surface area (Å²) in [6, 6.07) is 12.2. The van der Waals surface area contributed by atoms with E-state index in [-0.39, 0.29) is 5.75 Å². The summed E-state index contributed by atoms with van der Waals surface area (Å²) in [4.78, 5) is 0. The van der Waals surface area contributed by atoms with E-state index in [4.69, 9.17) is 0 Å². The molecule has 0 aliphatic carbocycles. The summed E-state index contributed by atoms with van der Waals surface area (Å²) < 4.78 is 12.9. The highest BCUT2D eigenvalue weighted by Crippen LogP contribution is 2.27. The molecule has 0 saturated heterocycles. The van der Waals surface area contributed by atoms with Crippen LogP contribution in [0.2, 0.25) is 0 Å². The third-order valence-electron chi connectivity index (χ3n) is 2.40. The Kier molecular flexibility index (Phi) is 2.42. The van der Waals surface area contributed by atoms with Crippen molar-refractivity contribution in [3.8, 4) is 16.9 Å². The molecule has 76 valence electrons. The highest BCUT2D eigenvalue weighted by Gasteiger charge is 2.04. The van der Waals surface area contributed by atoms with Crippen LogP contribution in [-0.2, 0) is 0 Å². The number of phenols is 1. The highest BCUT2D eigenvalue weighted by atomic mass is 19.1. The van der Waals surface area contributed by atoms with E-state index < -0.39 is 5.82 Å². The maximum Gasteiger partial charge on any atom is 0.164 e. The zero-order valence-electron chi connectivity index (χ0n) is 8.37. The molecule has 0 amide bonds. The fourth-order valence-corrected chi connectivity index (χ4v) is 1.58. The minimum absolute atomic E-state index is 0.309. The third-order valence-corrected chi connectivity index (χ3v) is 2.40. The topological polar surface area (TPSA) is 20.2 Å². The van der Waals surface area contributed by atoms with Crippen molar-refractivity contribution in [1.29, 1.82) is 0 Å². The van der Waals surface area contributed by atoms with Crippen LogP contribution in [0.5, 0.6) is 5.75 Å². The highest BCUT2D eigenvalue weighted by molar-refractivity contribution is 5.68. The van der Waals surface area contributed by atoms with Gasteiger partial charge in [0.25, 0.3) is 0 Å². The fraction of sp³-hybridized carbons (Fsp3) is 0.0769. The zero-order chi connectivity index (χ0) is 10.8. The van der Waals surface area contributed by atoms with Gasteiger partial charge in [-0.25, -0.2) is 4.39 Å². The lowest BCUT2D eigenvalue weighted by atomic mass is 10.0. The zero-order valence-corrected chi connectivity index (χ0v) is 8.37. The number of benzene rings is 2. The molecule has 2 aromatic rings. The van der Waals surface area contributed by atoms with Crippen molar-refractivity contribution in [3.05, 3.63) is 53.8 Å². The smallest absolute Gasteiger partial charge is 0.164 e. The Morgan fingerprint density at radius 1 is 1.07 bits per heavy atom. The second-order valence-electron chi connectivity index (χ2n) is 3.48. The summed E-state index contributed by atoms with van der Waals surface area (Å²) in [5.41, 5.74) is 2.93. The monoisotopic (exact) mass is 202 g/mol. The minimum Gasteiger partial charge on any atom is -0.505 e. The third kappa shape index (κ3) is 1.84. The molecule has 0 aliphatic heterocycles. The van der Waals surface area contributed by atoms with Crippen LogP contribution in [0.4, 0.5) is 4.39 Å². The molecule has 0 spiro atoms. The minimum atomic E-state index is -0.590. The molecule has 2 aromatic carbocycles. The van der Waals surface area contributed by atoms with Gasteiger partial charge in [0.2, 0.25) is 0 Å². The van der Waals surface area contributed by atoms with Gasteiger partial charge in [-0.2, -0.15) is 0 Å². The molecule has 1 nitrogen and oxygen atoms in total. The standard InChI is InChI=1S/C13H11FO/c1-9-4-2-3-5-11(9)10-6-7-12(14)13(15)8-10/h2-8,15H,1H3. The van der Waals surface area contributed by atoms with E-state index in [1.54, 1.807) is 6.07 Å². The van der Waals surface area contributed by atoms with Crippen LogP contribution in [0.15, 0.2) is 42.5 Å². The Morgan fingerprint density at radius 2 is 1.80 bits per heavy atom. The molecule has 0 radical (unpaired) electrons. The lowest BCUT2D eigenvalue weighted by Crippen LogP contribution is -1.83.